The van der Waals surface area contributed by atoms with Crippen LogP contribution in [-0.2, 0) is 42.2 Å². The minimum absolute atomic E-state index is 0.164. The molecule has 2 amide bonds. The van der Waals surface area contributed by atoms with Crippen molar-refractivity contribution in [3.8, 4) is 0 Å². The Morgan fingerprint density at radius 1 is 1.19 bits per heavy atom. The van der Waals surface area contributed by atoms with Crippen LogP contribution in [0.4, 0.5) is 10.5 Å². The zero-order chi connectivity index (χ0) is 19.2. The van der Waals surface area contributed by atoms with Gasteiger partial charge in [-0.3, -0.25) is 0 Å². The molecule has 144 valence electrons. The van der Waals surface area contributed by atoms with E-state index in [0.717, 1.165) is 44.2 Å². The number of aryl methyl sites for hydroxylation is 3. The van der Waals surface area contributed by atoms with E-state index in [1.54, 1.807) is 6.92 Å². The van der Waals surface area contributed by atoms with Crippen LogP contribution in [0.1, 0.15) is 46.4 Å². The molecule has 0 spiro atoms. The summed E-state index contributed by atoms with van der Waals surface area (Å²) in [7, 11) is -3.66. The molecule has 2 aliphatic rings. The fraction of sp³-hybridized carbons (Fsp3) is 0.421. The van der Waals surface area contributed by atoms with Gasteiger partial charge in [0, 0.05) is 17.3 Å². The summed E-state index contributed by atoms with van der Waals surface area (Å²) in [5, 5.41) is 11.9. The summed E-state index contributed by atoms with van der Waals surface area (Å²) >= 11 is 0. The van der Waals surface area contributed by atoms with Crippen LogP contribution in [0.3, 0.4) is 0 Å². The number of nitrogens with one attached hydrogen (secondary N) is 3. The molecule has 0 fully saturated rings. The molecule has 4 rings (SSSR count). The first-order chi connectivity index (χ1) is 12.9. The van der Waals surface area contributed by atoms with Gasteiger partial charge in [-0.15, -0.1) is 0 Å². The van der Waals surface area contributed by atoms with Crippen molar-refractivity contribution < 1.29 is 18.5 Å². The lowest BCUT2D eigenvalue weighted by atomic mass is 9.99. The number of furan rings is 1. The minimum atomic E-state index is -3.66. The van der Waals surface area contributed by atoms with Crippen LogP contribution in [0, 0.1) is 11.7 Å². The summed E-state index contributed by atoms with van der Waals surface area (Å²) in [6.07, 6.45) is 6.02. The maximum absolute atomic E-state index is 12.7. The standard InChI is InChI=1S/C19H23N3O4S/c1-11-14(10-23)9-17(26-11)27(20,25)22-19(24)21-18-15-6-2-4-12(15)8-13-5-3-7-16(13)18/h8-9,23H,2-7,10H2,1H3,(H3,20,21,22,24,25). The summed E-state index contributed by atoms with van der Waals surface area (Å²) in [6.45, 7) is 1.33. The van der Waals surface area contributed by atoms with Crippen molar-refractivity contribution in [3.05, 3.63) is 45.7 Å². The second kappa shape index (κ2) is 6.69. The van der Waals surface area contributed by atoms with Gasteiger partial charge >= 0.3 is 6.03 Å². The summed E-state index contributed by atoms with van der Waals surface area (Å²) in [4.78, 5) is 12.5. The lowest BCUT2D eigenvalue weighted by Crippen LogP contribution is -2.34. The number of carbonyl (C=O) groups is 1. The molecule has 0 aliphatic heterocycles. The Balaban J connectivity index is 1.58. The molecule has 0 radical (unpaired) electrons. The molecular formula is C19H23N3O4S. The van der Waals surface area contributed by atoms with E-state index in [9.17, 15) is 14.1 Å². The number of benzene rings is 1. The van der Waals surface area contributed by atoms with Crippen LogP contribution in [0.2, 0.25) is 0 Å². The Labute approximate surface area is 158 Å². The molecule has 0 bridgehead atoms. The van der Waals surface area contributed by atoms with E-state index in [4.69, 9.17) is 9.20 Å². The van der Waals surface area contributed by atoms with Crippen LogP contribution in [0.25, 0.3) is 0 Å². The van der Waals surface area contributed by atoms with Crippen molar-refractivity contribution in [2.45, 2.75) is 57.1 Å². The Morgan fingerprint density at radius 2 is 1.81 bits per heavy atom. The zero-order valence-electron chi connectivity index (χ0n) is 15.2. The Hall–Kier alpha value is -2.32. The third-order valence-electron chi connectivity index (χ3n) is 5.40. The number of amides is 2. The maximum Gasteiger partial charge on any atom is 0.332 e. The Bertz CT molecular complexity index is 992. The van der Waals surface area contributed by atoms with Crippen molar-refractivity contribution >= 4 is 21.6 Å². The second-order valence-corrected chi connectivity index (χ2v) is 8.87. The number of anilines is 1. The molecule has 1 heterocycles. The third kappa shape index (κ3) is 3.23. The van der Waals surface area contributed by atoms with Crippen LogP contribution >= 0.6 is 0 Å². The number of hydrogen-bond acceptors (Lipinski definition) is 5. The first kappa shape index (κ1) is 18.1. The number of fused-ring (bicyclic) bond motifs is 2. The monoisotopic (exact) mass is 389 g/mol. The summed E-state index contributed by atoms with van der Waals surface area (Å²) in [6, 6.07) is 2.94. The van der Waals surface area contributed by atoms with Crippen LogP contribution in [-0.4, -0.2) is 15.3 Å². The van der Waals surface area contributed by atoms with Crippen molar-refractivity contribution in [2.75, 3.05) is 5.32 Å². The number of urea groups is 1. The van der Waals surface area contributed by atoms with E-state index < -0.39 is 15.9 Å². The van der Waals surface area contributed by atoms with Gasteiger partial charge in [-0.1, -0.05) is 6.07 Å². The molecular weight excluding hydrogens is 366 g/mol. The third-order valence-corrected chi connectivity index (χ3v) is 6.64. The first-order valence-corrected chi connectivity index (χ1v) is 10.7. The van der Waals surface area contributed by atoms with Gasteiger partial charge in [-0.2, -0.15) is 0 Å². The first-order valence-electron chi connectivity index (χ1n) is 9.13. The number of carbonyl (C=O) groups excluding carboxylic acids is 1. The van der Waals surface area contributed by atoms with Crippen LogP contribution in [0.5, 0.6) is 0 Å². The van der Waals surface area contributed by atoms with Gasteiger partial charge in [0.25, 0.3) is 0 Å². The lowest BCUT2D eigenvalue weighted by molar-refractivity contribution is 0.256. The largest absolute Gasteiger partial charge is 0.449 e. The quantitative estimate of drug-likeness (QED) is 0.642. The molecule has 27 heavy (non-hydrogen) atoms. The highest BCUT2D eigenvalue weighted by Crippen LogP contribution is 2.38. The van der Waals surface area contributed by atoms with Crippen molar-refractivity contribution in [1.82, 2.24) is 4.72 Å². The fourth-order valence-electron chi connectivity index (χ4n) is 4.08. The number of hydrogen-bond donors (Lipinski definition) is 4. The van der Waals surface area contributed by atoms with Crippen LogP contribution in [0.15, 0.2) is 21.6 Å². The van der Waals surface area contributed by atoms with Gasteiger partial charge < -0.3 is 14.8 Å². The number of aliphatic hydroxyl groups excluding tert-OH is 1. The van der Waals surface area contributed by atoms with Crippen molar-refractivity contribution in [2.24, 2.45) is 0 Å². The molecule has 7 nitrogen and oxygen atoms in total. The van der Waals surface area contributed by atoms with Crippen molar-refractivity contribution in [3.63, 3.8) is 0 Å². The fourth-order valence-corrected chi connectivity index (χ4v) is 5.04. The van der Waals surface area contributed by atoms with E-state index >= 15 is 0 Å². The van der Waals surface area contributed by atoms with E-state index in [1.165, 1.54) is 28.3 Å². The summed E-state index contributed by atoms with van der Waals surface area (Å²) < 4.78 is 28.2. The average molecular weight is 389 g/mol. The highest BCUT2D eigenvalue weighted by atomic mass is 32.2. The zero-order valence-corrected chi connectivity index (χ0v) is 16.0. The lowest BCUT2D eigenvalue weighted by Gasteiger charge is -2.16. The molecule has 0 saturated carbocycles. The SMILES string of the molecule is Cc1oc(S(=N)(=O)NC(=O)Nc2c3c(cc4c2CCC4)CCC3)cc1CO. The van der Waals surface area contributed by atoms with Gasteiger partial charge in [0.05, 0.1) is 6.61 Å². The molecule has 1 aromatic heterocycles. The maximum atomic E-state index is 12.7. The van der Waals surface area contributed by atoms with Crippen LogP contribution < -0.4 is 10.0 Å². The minimum Gasteiger partial charge on any atom is -0.449 e. The molecule has 2 aromatic rings. The van der Waals surface area contributed by atoms with E-state index in [-0.39, 0.29) is 11.7 Å². The summed E-state index contributed by atoms with van der Waals surface area (Å²) in [5.74, 6) is 0.383. The van der Waals surface area contributed by atoms with E-state index in [1.807, 2.05) is 0 Å². The van der Waals surface area contributed by atoms with Crippen molar-refractivity contribution in [1.29, 1.82) is 4.78 Å². The predicted octanol–water partition coefficient (Wildman–Crippen LogP) is 3.20. The van der Waals surface area contributed by atoms with Gasteiger partial charge in [-0.25, -0.2) is 18.5 Å². The predicted molar refractivity (Wildman–Crippen MR) is 101 cm³/mol. The molecule has 4 N–H and O–H groups in total. The normalized spacial score (nSPS) is 17.3. The number of aliphatic hydroxyl groups is 1. The van der Waals surface area contributed by atoms with Gasteiger partial charge in [0.15, 0.2) is 9.92 Å². The van der Waals surface area contributed by atoms with Gasteiger partial charge in [-0.05, 0) is 67.7 Å². The van der Waals surface area contributed by atoms with Gasteiger partial charge in [0.2, 0.25) is 5.09 Å². The highest BCUT2D eigenvalue weighted by Gasteiger charge is 2.26. The second-order valence-electron chi connectivity index (χ2n) is 7.15. The topological polar surface area (TPSA) is 115 Å². The number of rotatable bonds is 4. The molecule has 8 heteroatoms. The Morgan fingerprint density at radius 3 is 2.37 bits per heavy atom. The smallest absolute Gasteiger partial charge is 0.332 e. The summed E-state index contributed by atoms with van der Waals surface area (Å²) in [5.41, 5.74) is 6.18. The molecule has 2 aliphatic carbocycles. The molecule has 1 aromatic carbocycles. The van der Waals surface area contributed by atoms with E-state index in [0.29, 0.717) is 11.3 Å². The highest BCUT2D eigenvalue weighted by molar-refractivity contribution is 7.91. The molecule has 0 saturated heterocycles. The average Bonchev–Trinajstić information content (AvgIpc) is 3.32. The van der Waals surface area contributed by atoms with Gasteiger partial charge in [0.1, 0.15) is 5.76 Å². The molecule has 1 atom stereocenters. The Kier molecular flexibility index (Phi) is 4.47. The molecule has 1 unspecified atom stereocenters. The van der Waals surface area contributed by atoms with E-state index in [2.05, 4.69) is 16.1 Å².